The van der Waals surface area contributed by atoms with Crippen LogP contribution in [0.5, 0.6) is 0 Å². The highest BCUT2D eigenvalue weighted by molar-refractivity contribution is 6.10. The molecule has 0 fully saturated rings. The molecule has 0 saturated heterocycles. The molecule has 9 aromatic rings. The minimum Gasteiger partial charge on any atom is -0.309 e. The molecule has 7 aromatic carbocycles. The summed E-state index contributed by atoms with van der Waals surface area (Å²) in [6.45, 7) is 0. The van der Waals surface area contributed by atoms with Crippen molar-refractivity contribution in [3.63, 3.8) is 0 Å². The lowest BCUT2D eigenvalue weighted by molar-refractivity contribution is 1.18. The maximum absolute atomic E-state index is 2.36. The van der Waals surface area contributed by atoms with E-state index in [1.807, 2.05) is 0 Å². The topological polar surface area (TPSA) is 9.86 Å². The number of benzene rings is 7. The Labute approximate surface area is 279 Å². The Bertz CT molecular complexity index is 2370. The Hall–Kier alpha value is -6.38. The SMILES string of the molecule is C(=C\c1cccc(-n2c3ccccc3c3ccccc32)c1)/c1ccc(/C=C/c2cccc(-n3c4ccccc4c4ccccc43)c2)cc1. The van der Waals surface area contributed by atoms with E-state index in [0.29, 0.717) is 0 Å². The largest absolute Gasteiger partial charge is 0.309 e. The van der Waals surface area contributed by atoms with Gasteiger partial charge in [0, 0.05) is 32.9 Å². The van der Waals surface area contributed by atoms with Gasteiger partial charge in [0.05, 0.1) is 22.1 Å². The Kier molecular flexibility index (Phi) is 6.84. The smallest absolute Gasteiger partial charge is 0.0541 e. The van der Waals surface area contributed by atoms with Crippen molar-refractivity contribution in [2.24, 2.45) is 0 Å². The van der Waals surface area contributed by atoms with E-state index in [2.05, 4.69) is 203 Å². The quantitative estimate of drug-likeness (QED) is 0.165. The first kappa shape index (κ1) is 27.9. The molecular formula is C46H32N2. The molecule has 2 heteroatoms. The maximum Gasteiger partial charge on any atom is 0.0541 e. The Morgan fingerprint density at radius 1 is 0.271 bits per heavy atom. The van der Waals surface area contributed by atoms with Gasteiger partial charge in [0.2, 0.25) is 0 Å². The number of hydrogen-bond donors (Lipinski definition) is 0. The van der Waals surface area contributed by atoms with Crippen LogP contribution in [0.4, 0.5) is 0 Å². The van der Waals surface area contributed by atoms with Crippen LogP contribution < -0.4 is 0 Å². The summed E-state index contributed by atoms with van der Waals surface area (Å²) in [5, 5.41) is 5.11. The lowest BCUT2D eigenvalue weighted by atomic mass is 10.1. The van der Waals surface area contributed by atoms with Gasteiger partial charge in [-0.15, -0.1) is 0 Å². The standard InChI is InChI=1S/C46H32N2/c1-5-19-43-39(15-1)40-16-2-6-20-44(40)47(43)37-13-9-11-35(31-37)29-27-33-23-25-34(26-24-33)28-30-36-12-10-14-38(32-36)48-45-21-7-3-17-41(45)42-18-4-8-22-46(42)48/h1-32H/b29-27+,30-28+. The summed E-state index contributed by atoms with van der Waals surface area (Å²) in [5.74, 6) is 0. The fourth-order valence-corrected chi connectivity index (χ4v) is 7.04. The van der Waals surface area contributed by atoms with Crippen molar-refractivity contribution in [3.05, 3.63) is 192 Å². The van der Waals surface area contributed by atoms with Crippen LogP contribution in [0.3, 0.4) is 0 Å². The van der Waals surface area contributed by atoms with Crippen LogP contribution >= 0.6 is 0 Å². The lowest BCUT2D eigenvalue weighted by Gasteiger charge is -2.09. The van der Waals surface area contributed by atoms with E-state index in [9.17, 15) is 0 Å². The average Bonchev–Trinajstić information content (AvgIpc) is 3.67. The third kappa shape index (κ3) is 4.92. The van der Waals surface area contributed by atoms with Crippen LogP contribution in [0.25, 0.3) is 79.3 Å². The zero-order valence-electron chi connectivity index (χ0n) is 26.4. The third-order valence-electron chi connectivity index (χ3n) is 9.29. The minimum absolute atomic E-state index is 1.16. The molecule has 2 nitrogen and oxygen atoms in total. The molecule has 9 rings (SSSR count). The molecule has 0 aliphatic rings. The average molecular weight is 613 g/mol. The highest BCUT2D eigenvalue weighted by Crippen LogP contribution is 2.33. The Morgan fingerprint density at radius 3 is 0.938 bits per heavy atom. The first-order valence-corrected chi connectivity index (χ1v) is 16.4. The van der Waals surface area contributed by atoms with E-state index < -0.39 is 0 Å². The van der Waals surface area contributed by atoms with Gasteiger partial charge in [-0.2, -0.15) is 0 Å². The van der Waals surface area contributed by atoms with Crippen molar-refractivity contribution in [2.45, 2.75) is 0 Å². The van der Waals surface area contributed by atoms with Crippen molar-refractivity contribution >= 4 is 67.9 Å². The highest BCUT2D eigenvalue weighted by Gasteiger charge is 2.12. The summed E-state index contributed by atoms with van der Waals surface area (Å²) in [7, 11) is 0. The molecule has 2 aromatic heterocycles. The van der Waals surface area contributed by atoms with Crippen LogP contribution in [0.1, 0.15) is 22.3 Å². The number of rotatable bonds is 6. The van der Waals surface area contributed by atoms with Gasteiger partial charge in [-0.05, 0) is 70.8 Å². The summed E-state index contributed by atoms with van der Waals surface area (Å²) in [5.41, 5.74) is 11.9. The molecule has 2 heterocycles. The number of fused-ring (bicyclic) bond motifs is 6. The zero-order chi connectivity index (χ0) is 31.9. The van der Waals surface area contributed by atoms with Crippen LogP contribution in [0.15, 0.2) is 170 Å². The van der Waals surface area contributed by atoms with Gasteiger partial charge in [-0.3, -0.25) is 0 Å². The molecule has 0 bridgehead atoms. The fourth-order valence-electron chi connectivity index (χ4n) is 7.04. The van der Waals surface area contributed by atoms with E-state index >= 15 is 0 Å². The molecule has 0 aliphatic heterocycles. The number of aromatic nitrogens is 2. The second-order valence-electron chi connectivity index (χ2n) is 12.3. The van der Waals surface area contributed by atoms with Gasteiger partial charge < -0.3 is 9.13 Å². The number of para-hydroxylation sites is 4. The van der Waals surface area contributed by atoms with Gasteiger partial charge >= 0.3 is 0 Å². The van der Waals surface area contributed by atoms with Crippen LogP contribution in [0, 0.1) is 0 Å². The highest BCUT2D eigenvalue weighted by atomic mass is 15.0. The molecule has 0 aliphatic carbocycles. The lowest BCUT2D eigenvalue weighted by Crippen LogP contribution is -1.93. The molecule has 0 atom stereocenters. The minimum atomic E-state index is 1.16. The van der Waals surface area contributed by atoms with Crippen LogP contribution in [-0.2, 0) is 0 Å². The number of nitrogens with zero attached hydrogens (tertiary/aromatic N) is 2. The Balaban J connectivity index is 0.958. The molecule has 0 radical (unpaired) electrons. The van der Waals surface area contributed by atoms with E-state index in [1.54, 1.807) is 0 Å². The first-order chi connectivity index (χ1) is 23.8. The zero-order valence-corrected chi connectivity index (χ0v) is 26.4. The van der Waals surface area contributed by atoms with E-state index in [4.69, 9.17) is 0 Å². The molecule has 48 heavy (non-hydrogen) atoms. The summed E-state index contributed by atoms with van der Waals surface area (Å²) in [6, 6.07) is 60.8. The van der Waals surface area contributed by atoms with Crippen molar-refractivity contribution in [1.29, 1.82) is 0 Å². The third-order valence-corrected chi connectivity index (χ3v) is 9.29. The van der Waals surface area contributed by atoms with E-state index in [0.717, 1.165) is 11.4 Å². The predicted octanol–water partition coefficient (Wildman–Crippen LogP) is 12.2. The van der Waals surface area contributed by atoms with Crippen molar-refractivity contribution in [1.82, 2.24) is 9.13 Å². The fraction of sp³-hybridized carbons (Fsp3) is 0. The Morgan fingerprint density at radius 2 is 0.583 bits per heavy atom. The summed E-state index contributed by atoms with van der Waals surface area (Å²) in [4.78, 5) is 0. The van der Waals surface area contributed by atoms with Gasteiger partial charge in [-0.25, -0.2) is 0 Å². The number of hydrogen-bond acceptors (Lipinski definition) is 0. The van der Waals surface area contributed by atoms with Crippen LogP contribution in [0.2, 0.25) is 0 Å². The van der Waals surface area contributed by atoms with E-state index in [-0.39, 0.29) is 0 Å². The van der Waals surface area contributed by atoms with E-state index in [1.165, 1.54) is 65.9 Å². The van der Waals surface area contributed by atoms with Crippen molar-refractivity contribution in [3.8, 4) is 11.4 Å². The summed E-state index contributed by atoms with van der Waals surface area (Å²) >= 11 is 0. The molecular weight excluding hydrogens is 581 g/mol. The van der Waals surface area contributed by atoms with Gasteiger partial charge in [-0.1, -0.05) is 146 Å². The summed E-state index contributed by atoms with van der Waals surface area (Å²) < 4.78 is 4.73. The first-order valence-electron chi connectivity index (χ1n) is 16.4. The van der Waals surface area contributed by atoms with Crippen LogP contribution in [-0.4, -0.2) is 9.13 Å². The van der Waals surface area contributed by atoms with Gasteiger partial charge in [0.15, 0.2) is 0 Å². The molecule has 0 N–H and O–H groups in total. The van der Waals surface area contributed by atoms with Crippen molar-refractivity contribution < 1.29 is 0 Å². The summed E-state index contributed by atoms with van der Waals surface area (Å²) in [6.07, 6.45) is 8.77. The molecule has 0 spiro atoms. The maximum atomic E-state index is 2.36. The molecule has 226 valence electrons. The predicted molar refractivity (Wildman–Crippen MR) is 206 cm³/mol. The van der Waals surface area contributed by atoms with Crippen molar-refractivity contribution in [2.75, 3.05) is 0 Å². The molecule has 0 amide bonds. The monoisotopic (exact) mass is 612 g/mol. The normalized spacial score (nSPS) is 12.0. The second kappa shape index (κ2) is 11.8. The second-order valence-corrected chi connectivity index (χ2v) is 12.3. The molecule has 0 unspecified atom stereocenters. The van der Waals surface area contributed by atoms with Gasteiger partial charge in [0.25, 0.3) is 0 Å². The van der Waals surface area contributed by atoms with Gasteiger partial charge in [0.1, 0.15) is 0 Å². The molecule has 0 saturated carbocycles.